The summed E-state index contributed by atoms with van der Waals surface area (Å²) in [6.07, 6.45) is 0. The van der Waals surface area contributed by atoms with E-state index >= 15 is 0 Å². The Balaban J connectivity index is 2.67. The van der Waals surface area contributed by atoms with Gasteiger partial charge >= 0.3 is 0 Å². The predicted molar refractivity (Wildman–Crippen MR) is 56.4 cm³/mol. The van der Waals surface area contributed by atoms with E-state index in [-0.39, 0.29) is 22.9 Å². The van der Waals surface area contributed by atoms with E-state index in [2.05, 4.69) is 9.97 Å². The molecule has 4 N–H and O–H groups in total. The predicted octanol–water partition coefficient (Wildman–Crippen LogP) is 0.141. The smallest absolute Gasteiger partial charge is 0.250 e. The number of hydrogen-bond donors (Lipinski definition) is 4. The minimum absolute atomic E-state index is 0.230. The molecule has 0 saturated heterocycles. The zero-order valence-electron chi connectivity index (χ0n) is 8.02. The first-order chi connectivity index (χ1) is 7.58. The van der Waals surface area contributed by atoms with Gasteiger partial charge in [0.15, 0.2) is 11.8 Å². The van der Waals surface area contributed by atoms with Crippen LogP contribution in [0.15, 0.2) is 33.9 Å². The van der Waals surface area contributed by atoms with E-state index in [0.717, 1.165) is 0 Å². The summed E-state index contributed by atoms with van der Waals surface area (Å²) in [4.78, 5) is 26.1. The van der Waals surface area contributed by atoms with Gasteiger partial charge in [-0.2, -0.15) is 0 Å². The first-order valence-corrected chi connectivity index (χ1v) is 4.43. The average Bonchev–Trinajstić information content (AvgIpc) is 2.19. The van der Waals surface area contributed by atoms with E-state index in [4.69, 9.17) is 0 Å². The average molecular weight is 220 g/mol. The second kappa shape index (κ2) is 3.58. The molecule has 2 heterocycles. The fourth-order valence-electron chi connectivity index (χ4n) is 1.36. The molecule has 6 nitrogen and oxygen atoms in total. The van der Waals surface area contributed by atoms with Gasteiger partial charge in [-0.15, -0.1) is 0 Å². The molecule has 0 unspecified atom stereocenters. The summed E-state index contributed by atoms with van der Waals surface area (Å²) in [6, 6.07) is 5.11. The van der Waals surface area contributed by atoms with Gasteiger partial charge in [0.05, 0.1) is 0 Å². The summed E-state index contributed by atoms with van der Waals surface area (Å²) in [5.74, 6) is -0.732. The lowest BCUT2D eigenvalue weighted by molar-refractivity contribution is 0.445. The molecule has 2 aromatic heterocycles. The first kappa shape index (κ1) is 10.0. The van der Waals surface area contributed by atoms with Gasteiger partial charge in [0.1, 0.15) is 0 Å². The van der Waals surface area contributed by atoms with Crippen LogP contribution >= 0.6 is 0 Å². The van der Waals surface area contributed by atoms with Crippen LogP contribution in [0.4, 0.5) is 0 Å². The van der Waals surface area contributed by atoms with Crippen LogP contribution in [0.5, 0.6) is 11.8 Å². The molecule has 6 heteroatoms. The zero-order valence-corrected chi connectivity index (χ0v) is 8.02. The Labute approximate surface area is 88.8 Å². The molecule has 16 heavy (non-hydrogen) atoms. The molecule has 2 aromatic rings. The molecule has 0 fully saturated rings. The maximum absolute atomic E-state index is 10.9. The Bertz CT molecular complexity index is 584. The molecule has 0 amide bonds. The van der Waals surface area contributed by atoms with E-state index in [1.165, 1.54) is 24.3 Å². The highest BCUT2D eigenvalue weighted by Crippen LogP contribution is 2.30. The highest BCUT2D eigenvalue weighted by atomic mass is 16.3. The molecule has 0 bridgehead atoms. The van der Waals surface area contributed by atoms with Crippen molar-refractivity contribution in [3.05, 3.63) is 45.0 Å². The van der Waals surface area contributed by atoms with Crippen LogP contribution in [0.1, 0.15) is 0 Å². The fourth-order valence-corrected chi connectivity index (χ4v) is 1.36. The van der Waals surface area contributed by atoms with Crippen LogP contribution in [0.3, 0.4) is 0 Å². The third kappa shape index (κ3) is 1.68. The number of nitrogens with one attached hydrogen (secondary N) is 2. The number of aromatic nitrogens is 2. The van der Waals surface area contributed by atoms with E-state index in [1.807, 2.05) is 0 Å². The summed E-state index contributed by atoms with van der Waals surface area (Å²) in [5, 5.41) is 19.0. The van der Waals surface area contributed by atoms with Crippen LogP contribution in [-0.2, 0) is 0 Å². The number of H-pyrrole nitrogens is 2. The first-order valence-electron chi connectivity index (χ1n) is 4.43. The monoisotopic (exact) mass is 220 g/mol. The van der Waals surface area contributed by atoms with E-state index in [1.54, 1.807) is 0 Å². The maximum atomic E-state index is 10.9. The Kier molecular flexibility index (Phi) is 2.24. The summed E-state index contributed by atoms with van der Waals surface area (Å²) in [7, 11) is 0. The lowest BCUT2D eigenvalue weighted by Gasteiger charge is -2.05. The van der Waals surface area contributed by atoms with Gasteiger partial charge in [0.25, 0.3) is 11.1 Å². The van der Waals surface area contributed by atoms with Gasteiger partial charge in [-0.1, -0.05) is 0 Å². The molecule has 0 aliphatic rings. The van der Waals surface area contributed by atoms with Crippen molar-refractivity contribution in [1.29, 1.82) is 0 Å². The summed E-state index contributed by atoms with van der Waals surface area (Å²) in [5.41, 5.74) is -0.447. The molecule has 0 saturated carbocycles. The van der Waals surface area contributed by atoms with Crippen molar-refractivity contribution in [3.8, 4) is 22.9 Å². The molecule has 0 aliphatic carbocycles. The second-order valence-corrected chi connectivity index (χ2v) is 3.17. The number of rotatable bonds is 1. The lowest BCUT2D eigenvalue weighted by atomic mass is 10.1. The normalized spacial score (nSPS) is 10.2. The Morgan fingerprint density at radius 3 is 1.44 bits per heavy atom. The van der Waals surface area contributed by atoms with E-state index < -0.39 is 11.1 Å². The van der Waals surface area contributed by atoms with Crippen molar-refractivity contribution in [3.63, 3.8) is 0 Å². The largest absolute Gasteiger partial charge is 0.494 e. The van der Waals surface area contributed by atoms with Crippen LogP contribution in [0, 0.1) is 0 Å². The number of aromatic amines is 2. The van der Waals surface area contributed by atoms with Crippen molar-refractivity contribution in [2.24, 2.45) is 0 Å². The molecular weight excluding hydrogens is 212 g/mol. The quantitative estimate of drug-likeness (QED) is 0.548. The SMILES string of the molecule is O=c1ccc(-c2ccc(=O)[nH]c2O)c(O)[nH]1. The van der Waals surface area contributed by atoms with Crippen molar-refractivity contribution < 1.29 is 10.2 Å². The summed E-state index contributed by atoms with van der Waals surface area (Å²) >= 11 is 0. The van der Waals surface area contributed by atoms with Crippen LogP contribution in [0.2, 0.25) is 0 Å². The lowest BCUT2D eigenvalue weighted by Crippen LogP contribution is -2.05. The van der Waals surface area contributed by atoms with Crippen molar-refractivity contribution in [2.75, 3.05) is 0 Å². The van der Waals surface area contributed by atoms with Crippen molar-refractivity contribution >= 4 is 0 Å². The third-order valence-electron chi connectivity index (χ3n) is 2.09. The third-order valence-corrected chi connectivity index (χ3v) is 2.09. The van der Waals surface area contributed by atoms with E-state index in [9.17, 15) is 19.8 Å². The molecular formula is C10H8N2O4. The summed E-state index contributed by atoms with van der Waals surface area (Å²) in [6.45, 7) is 0. The fraction of sp³-hybridized carbons (Fsp3) is 0. The number of pyridine rings is 2. The number of aromatic hydroxyl groups is 2. The highest BCUT2D eigenvalue weighted by molar-refractivity contribution is 5.71. The zero-order chi connectivity index (χ0) is 11.7. The minimum Gasteiger partial charge on any atom is -0.494 e. The Hall–Kier alpha value is -2.50. The summed E-state index contributed by atoms with van der Waals surface area (Å²) < 4.78 is 0. The molecule has 0 aliphatic heterocycles. The molecule has 0 spiro atoms. The maximum Gasteiger partial charge on any atom is 0.250 e. The molecule has 0 aromatic carbocycles. The van der Waals surface area contributed by atoms with Gasteiger partial charge < -0.3 is 10.2 Å². The van der Waals surface area contributed by atoms with Gasteiger partial charge in [-0.3, -0.25) is 19.6 Å². The van der Waals surface area contributed by atoms with Gasteiger partial charge in [0.2, 0.25) is 0 Å². The molecule has 82 valence electrons. The van der Waals surface area contributed by atoms with Crippen LogP contribution in [-0.4, -0.2) is 20.2 Å². The highest BCUT2D eigenvalue weighted by Gasteiger charge is 2.09. The Morgan fingerprint density at radius 2 is 1.12 bits per heavy atom. The van der Waals surface area contributed by atoms with Crippen molar-refractivity contribution in [1.82, 2.24) is 9.97 Å². The molecule has 2 rings (SSSR count). The van der Waals surface area contributed by atoms with Crippen LogP contribution < -0.4 is 11.1 Å². The number of hydrogen-bond acceptors (Lipinski definition) is 4. The van der Waals surface area contributed by atoms with E-state index in [0.29, 0.717) is 0 Å². The van der Waals surface area contributed by atoms with Gasteiger partial charge in [-0.25, -0.2) is 0 Å². The van der Waals surface area contributed by atoms with Gasteiger partial charge in [-0.05, 0) is 12.1 Å². The van der Waals surface area contributed by atoms with Crippen molar-refractivity contribution in [2.45, 2.75) is 0 Å². The standard InChI is InChI=1S/C10H8N2O4/c13-7-3-1-5(9(15)11-7)6-2-4-8(14)12-10(6)16/h1-4H,(H2,11,13,15)(H2,12,14,16). The Morgan fingerprint density at radius 1 is 0.750 bits per heavy atom. The van der Waals surface area contributed by atoms with Crippen LogP contribution in [0.25, 0.3) is 11.1 Å². The topological polar surface area (TPSA) is 106 Å². The second-order valence-electron chi connectivity index (χ2n) is 3.17. The van der Waals surface area contributed by atoms with Gasteiger partial charge in [0, 0.05) is 23.3 Å². The molecule has 0 radical (unpaired) electrons. The molecule has 0 atom stereocenters. The minimum atomic E-state index is -0.454.